The van der Waals surface area contributed by atoms with Crippen LogP contribution < -0.4 is 0 Å². The number of esters is 1. The van der Waals surface area contributed by atoms with Gasteiger partial charge >= 0.3 is 5.97 Å². The van der Waals surface area contributed by atoms with Gasteiger partial charge in [-0.25, -0.2) is 0 Å². The molecule has 0 saturated heterocycles. The topological polar surface area (TPSA) is 26.3 Å². The summed E-state index contributed by atoms with van der Waals surface area (Å²) < 4.78 is 4.98. The molecule has 0 aromatic heterocycles. The molecule has 0 aliphatic heterocycles. The summed E-state index contributed by atoms with van der Waals surface area (Å²) in [5.41, 5.74) is 3.52. The first-order valence-electron chi connectivity index (χ1n) is 5.97. The number of hydrogen-bond acceptors (Lipinski definition) is 2. The minimum atomic E-state index is -0.145. The number of rotatable bonds is 6. The number of alkyl halides is 1. The molecule has 0 amide bonds. The van der Waals surface area contributed by atoms with E-state index in [1.54, 1.807) is 0 Å². The first kappa shape index (κ1) is 14.2. The SMILES string of the molecule is CCOC(=O)Cc1cc(CCCBr)ccc1C. The van der Waals surface area contributed by atoms with E-state index >= 15 is 0 Å². The van der Waals surface area contributed by atoms with E-state index < -0.39 is 0 Å². The van der Waals surface area contributed by atoms with Crippen molar-refractivity contribution in [3.63, 3.8) is 0 Å². The van der Waals surface area contributed by atoms with Crippen LogP contribution in [0.25, 0.3) is 0 Å². The fourth-order valence-electron chi connectivity index (χ4n) is 1.71. The van der Waals surface area contributed by atoms with E-state index in [2.05, 4.69) is 34.1 Å². The van der Waals surface area contributed by atoms with Crippen LogP contribution in [0.5, 0.6) is 0 Å². The van der Waals surface area contributed by atoms with Crippen LogP contribution in [0.2, 0.25) is 0 Å². The van der Waals surface area contributed by atoms with Gasteiger partial charge in [-0.2, -0.15) is 0 Å². The predicted octanol–water partition coefficient (Wildman–Crippen LogP) is 3.43. The van der Waals surface area contributed by atoms with Gasteiger partial charge in [0.1, 0.15) is 0 Å². The molecule has 0 atom stereocenters. The lowest BCUT2D eigenvalue weighted by Crippen LogP contribution is -2.08. The van der Waals surface area contributed by atoms with Gasteiger partial charge in [-0.05, 0) is 43.4 Å². The number of carbonyl (C=O) groups excluding carboxylic acids is 1. The van der Waals surface area contributed by atoms with E-state index in [1.165, 1.54) is 5.56 Å². The van der Waals surface area contributed by atoms with Gasteiger partial charge in [-0.3, -0.25) is 4.79 Å². The van der Waals surface area contributed by atoms with E-state index in [-0.39, 0.29) is 5.97 Å². The van der Waals surface area contributed by atoms with Crippen molar-refractivity contribution >= 4 is 21.9 Å². The van der Waals surface area contributed by atoms with Crippen molar-refractivity contribution in [2.24, 2.45) is 0 Å². The van der Waals surface area contributed by atoms with Crippen LogP contribution >= 0.6 is 15.9 Å². The Morgan fingerprint density at radius 2 is 2.18 bits per heavy atom. The highest BCUT2D eigenvalue weighted by Gasteiger charge is 2.07. The summed E-state index contributed by atoms with van der Waals surface area (Å²) in [6.45, 7) is 4.31. The number of hydrogen-bond donors (Lipinski definition) is 0. The summed E-state index contributed by atoms with van der Waals surface area (Å²) >= 11 is 3.43. The molecule has 0 spiro atoms. The van der Waals surface area contributed by atoms with E-state index in [9.17, 15) is 4.79 Å². The van der Waals surface area contributed by atoms with Crippen molar-refractivity contribution in [3.8, 4) is 0 Å². The first-order chi connectivity index (χ1) is 8.17. The summed E-state index contributed by atoms with van der Waals surface area (Å²) in [6.07, 6.45) is 2.53. The standard InChI is InChI=1S/C14H19BrO2/c1-3-17-14(16)10-13-9-12(5-4-8-15)7-6-11(13)2/h6-7,9H,3-5,8,10H2,1-2H3. The molecule has 0 aliphatic rings. The van der Waals surface area contributed by atoms with Crippen LogP contribution in [0.15, 0.2) is 18.2 Å². The number of halogens is 1. The minimum Gasteiger partial charge on any atom is -0.466 e. The molecule has 0 unspecified atom stereocenters. The molecule has 0 bridgehead atoms. The van der Waals surface area contributed by atoms with Crippen molar-refractivity contribution in [2.75, 3.05) is 11.9 Å². The molecule has 0 radical (unpaired) electrons. The number of aryl methyl sites for hydroxylation is 2. The molecule has 94 valence electrons. The molecular weight excluding hydrogens is 280 g/mol. The van der Waals surface area contributed by atoms with E-state index in [1.807, 2.05) is 13.8 Å². The van der Waals surface area contributed by atoms with Gasteiger partial charge in [0.05, 0.1) is 13.0 Å². The monoisotopic (exact) mass is 298 g/mol. The third-order valence-corrected chi connectivity index (χ3v) is 3.21. The molecule has 1 aromatic carbocycles. The molecule has 0 N–H and O–H groups in total. The summed E-state index contributed by atoms with van der Waals surface area (Å²) in [5.74, 6) is -0.145. The fraction of sp³-hybridized carbons (Fsp3) is 0.500. The third kappa shape index (κ3) is 4.90. The van der Waals surface area contributed by atoms with Crippen LogP contribution in [-0.4, -0.2) is 17.9 Å². The Hall–Kier alpha value is -0.830. The van der Waals surface area contributed by atoms with Crippen molar-refractivity contribution < 1.29 is 9.53 Å². The lowest BCUT2D eigenvalue weighted by atomic mass is 10.0. The van der Waals surface area contributed by atoms with Gasteiger partial charge in [0.2, 0.25) is 0 Å². The normalized spacial score (nSPS) is 10.3. The minimum absolute atomic E-state index is 0.145. The summed E-state index contributed by atoms with van der Waals surface area (Å²) in [4.78, 5) is 11.5. The third-order valence-electron chi connectivity index (χ3n) is 2.65. The zero-order valence-corrected chi connectivity index (χ0v) is 12.0. The van der Waals surface area contributed by atoms with Crippen molar-refractivity contribution in [1.82, 2.24) is 0 Å². The maximum absolute atomic E-state index is 11.5. The Morgan fingerprint density at radius 3 is 2.82 bits per heavy atom. The molecule has 0 aliphatic carbocycles. The average Bonchev–Trinajstić information content (AvgIpc) is 2.30. The molecule has 0 fully saturated rings. The summed E-state index contributed by atoms with van der Waals surface area (Å²) in [6, 6.07) is 6.33. The van der Waals surface area contributed by atoms with Crippen molar-refractivity contribution in [1.29, 1.82) is 0 Å². The zero-order chi connectivity index (χ0) is 12.7. The van der Waals surface area contributed by atoms with E-state index in [0.717, 1.165) is 29.3 Å². The molecule has 0 saturated carbocycles. The fourth-order valence-corrected chi connectivity index (χ4v) is 1.99. The Bertz CT molecular complexity index is 374. The van der Waals surface area contributed by atoms with Gasteiger partial charge in [0.15, 0.2) is 0 Å². The molecule has 17 heavy (non-hydrogen) atoms. The number of benzene rings is 1. The predicted molar refractivity (Wildman–Crippen MR) is 73.6 cm³/mol. The zero-order valence-electron chi connectivity index (χ0n) is 10.5. The largest absolute Gasteiger partial charge is 0.466 e. The highest BCUT2D eigenvalue weighted by atomic mass is 79.9. The van der Waals surface area contributed by atoms with Crippen molar-refractivity contribution in [3.05, 3.63) is 34.9 Å². The van der Waals surface area contributed by atoms with E-state index in [0.29, 0.717) is 13.0 Å². The summed E-state index contributed by atoms with van der Waals surface area (Å²) in [7, 11) is 0. The number of carbonyl (C=O) groups is 1. The van der Waals surface area contributed by atoms with Crippen LogP contribution in [-0.2, 0) is 22.4 Å². The Kier molecular flexibility index (Phi) is 6.27. The Morgan fingerprint density at radius 1 is 1.41 bits per heavy atom. The second-order valence-electron chi connectivity index (χ2n) is 4.04. The van der Waals surface area contributed by atoms with Gasteiger partial charge in [0, 0.05) is 5.33 Å². The molecular formula is C14H19BrO2. The van der Waals surface area contributed by atoms with Crippen LogP contribution in [0.4, 0.5) is 0 Å². The molecule has 2 nitrogen and oxygen atoms in total. The smallest absolute Gasteiger partial charge is 0.310 e. The molecule has 1 aromatic rings. The molecule has 3 heteroatoms. The highest BCUT2D eigenvalue weighted by molar-refractivity contribution is 9.09. The van der Waals surface area contributed by atoms with E-state index in [4.69, 9.17) is 4.74 Å². The van der Waals surface area contributed by atoms with Gasteiger partial charge in [0.25, 0.3) is 0 Å². The lowest BCUT2D eigenvalue weighted by molar-refractivity contribution is -0.142. The quantitative estimate of drug-likeness (QED) is 0.594. The maximum Gasteiger partial charge on any atom is 0.310 e. The molecule has 0 heterocycles. The Labute approximate surface area is 111 Å². The summed E-state index contributed by atoms with van der Waals surface area (Å²) in [5, 5.41) is 1.01. The lowest BCUT2D eigenvalue weighted by Gasteiger charge is -2.08. The number of ether oxygens (including phenoxy) is 1. The van der Waals surface area contributed by atoms with Crippen LogP contribution in [0.1, 0.15) is 30.0 Å². The molecule has 1 rings (SSSR count). The maximum atomic E-state index is 11.5. The average molecular weight is 299 g/mol. The highest BCUT2D eigenvalue weighted by Crippen LogP contribution is 2.14. The van der Waals surface area contributed by atoms with Crippen molar-refractivity contribution in [2.45, 2.75) is 33.1 Å². The van der Waals surface area contributed by atoms with Crippen LogP contribution in [0, 0.1) is 6.92 Å². The van der Waals surface area contributed by atoms with Crippen LogP contribution in [0.3, 0.4) is 0 Å². The van der Waals surface area contributed by atoms with Gasteiger partial charge < -0.3 is 4.74 Å². The van der Waals surface area contributed by atoms with Gasteiger partial charge in [-0.15, -0.1) is 0 Å². The Balaban J connectivity index is 2.72. The second-order valence-corrected chi connectivity index (χ2v) is 4.83. The first-order valence-corrected chi connectivity index (χ1v) is 7.09. The van der Waals surface area contributed by atoms with Gasteiger partial charge in [-0.1, -0.05) is 34.1 Å². The second kappa shape index (κ2) is 7.49.